The fourth-order valence-electron chi connectivity index (χ4n) is 2.61. The normalized spacial score (nSPS) is 12.6. The van der Waals surface area contributed by atoms with E-state index in [2.05, 4.69) is 22.9 Å². The van der Waals surface area contributed by atoms with E-state index in [1.165, 1.54) is 10.9 Å². The molecule has 102 valence electrons. The van der Waals surface area contributed by atoms with E-state index in [4.69, 9.17) is 10.5 Å². The summed E-state index contributed by atoms with van der Waals surface area (Å²) in [6.07, 6.45) is 2.11. The highest BCUT2D eigenvalue weighted by atomic mass is 16.5. The molecular weight excluding hydrogens is 248 g/mol. The number of methoxy groups -OCH3 is 1. The first kappa shape index (κ1) is 12.8. The quantitative estimate of drug-likeness (QED) is 0.790. The van der Waals surface area contributed by atoms with Crippen LogP contribution in [0.15, 0.2) is 54.7 Å². The van der Waals surface area contributed by atoms with Crippen molar-refractivity contribution in [3.63, 3.8) is 0 Å². The van der Waals surface area contributed by atoms with Crippen LogP contribution in [-0.2, 0) is 7.05 Å². The van der Waals surface area contributed by atoms with Gasteiger partial charge in [-0.3, -0.25) is 0 Å². The van der Waals surface area contributed by atoms with Crippen molar-refractivity contribution in [2.45, 2.75) is 6.04 Å². The lowest BCUT2D eigenvalue weighted by Crippen LogP contribution is -2.11. The molecule has 0 spiro atoms. The zero-order valence-electron chi connectivity index (χ0n) is 11.7. The minimum absolute atomic E-state index is 0.132. The van der Waals surface area contributed by atoms with Crippen LogP contribution in [0.4, 0.5) is 0 Å². The third-order valence-electron chi connectivity index (χ3n) is 3.74. The lowest BCUT2D eigenvalue weighted by atomic mass is 9.99. The molecule has 1 unspecified atom stereocenters. The first-order chi connectivity index (χ1) is 9.70. The summed E-state index contributed by atoms with van der Waals surface area (Å²) >= 11 is 0. The van der Waals surface area contributed by atoms with Gasteiger partial charge < -0.3 is 15.0 Å². The fourth-order valence-corrected chi connectivity index (χ4v) is 2.61. The van der Waals surface area contributed by atoms with Crippen LogP contribution in [0, 0.1) is 0 Å². The maximum atomic E-state index is 6.43. The van der Waals surface area contributed by atoms with Gasteiger partial charge in [-0.25, -0.2) is 0 Å². The Morgan fingerprint density at radius 2 is 1.75 bits per heavy atom. The number of nitrogens with zero attached hydrogens (tertiary/aromatic N) is 1. The summed E-state index contributed by atoms with van der Waals surface area (Å²) in [5, 5.41) is 1.21. The molecule has 0 bridgehead atoms. The van der Waals surface area contributed by atoms with E-state index in [9.17, 15) is 0 Å². The predicted molar refractivity (Wildman–Crippen MR) is 81.9 cm³/mol. The van der Waals surface area contributed by atoms with Crippen molar-refractivity contribution >= 4 is 10.9 Å². The van der Waals surface area contributed by atoms with Crippen LogP contribution in [0.25, 0.3) is 10.9 Å². The van der Waals surface area contributed by atoms with Crippen molar-refractivity contribution in [3.8, 4) is 5.75 Å². The Labute approximate surface area is 118 Å². The van der Waals surface area contributed by atoms with Gasteiger partial charge in [-0.05, 0) is 29.3 Å². The summed E-state index contributed by atoms with van der Waals surface area (Å²) in [4.78, 5) is 0. The molecule has 3 heteroatoms. The van der Waals surface area contributed by atoms with Crippen LogP contribution < -0.4 is 10.5 Å². The maximum Gasteiger partial charge on any atom is 0.118 e. The molecule has 2 N–H and O–H groups in total. The van der Waals surface area contributed by atoms with E-state index in [1.54, 1.807) is 7.11 Å². The molecular formula is C17H18N2O. The van der Waals surface area contributed by atoms with Crippen LogP contribution in [0.1, 0.15) is 17.2 Å². The van der Waals surface area contributed by atoms with E-state index >= 15 is 0 Å². The average molecular weight is 266 g/mol. The van der Waals surface area contributed by atoms with E-state index in [0.717, 1.165) is 16.9 Å². The lowest BCUT2D eigenvalue weighted by Gasteiger charge is -2.12. The number of nitrogens with two attached hydrogens (primary N) is 1. The molecule has 20 heavy (non-hydrogen) atoms. The second-order valence-corrected chi connectivity index (χ2v) is 4.96. The van der Waals surface area contributed by atoms with E-state index in [-0.39, 0.29) is 6.04 Å². The molecule has 1 heterocycles. The molecule has 1 atom stereocenters. The Bertz CT molecular complexity index is 728. The molecule has 0 fully saturated rings. The topological polar surface area (TPSA) is 40.2 Å². The minimum atomic E-state index is -0.132. The summed E-state index contributed by atoms with van der Waals surface area (Å²) in [6.45, 7) is 0. The van der Waals surface area contributed by atoms with Gasteiger partial charge in [-0.2, -0.15) is 0 Å². The molecule has 0 aliphatic carbocycles. The summed E-state index contributed by atoms with van der Waals surface area (Å²) in [6, 6.07) is 16.1. The molecule has 0 aliphatic heterocycles. The summed E-state index contributed by atoms with van der Waals surface area (Å²) in [7, 11) is 3.71. The average Bonchev–Trinajstić information content (AvgIpc) is 2.84. The van der Waals surface area contributed by atoms with Gasteiger partial charge in [0.2, 0.25) is 0 Å². The zero-order chi connectivity index (χ0) is 14.1. The minimum Gasteiger partial charge on any atom is -0.497 e. The Kier molecular flexibility index (Phi) is 3.20. The molecule has 0 aliphatic rings. The lowest BCUT2D eigenvalue weighted by molar-refractivity contribution is 0.414. The summed E-state index contributed by atoms with van der Waals surface area (Å²) < 4.78 is 7.30. The van der Waals surface area contributed by atoms with Gasteiger partial charge >= 0.3 is 0 Å². The summed E-state index contributed by atoms with van der Waals surface area (Å²) in [5.74, 6) is 0.846. The third kappa shape index (κ3) is 2.06. The Morgan fingerprint density at radius 1 is 1.05 bits per heavy atom. The summed E-state index contributed by atoms with van der Waals surface area (Å²) in [5.41, 5.74) is 9.87. The number of benzene rings is 2. The second-order valence-electron chi connectivity index (χ2n) is 4.96. The molecule has 0 radical (unpaired) electrons. The largest absolute Gasteiger partial charge is 0.497 e. The first-order valence-electron chi connectivity index (χ1n) is 6.64. The number of aromatic nitrogens is 1. The Morgan fingerprint density at radius 3 is 2.45 bits per heavy atom. The van der Waals surface area contributed by atoms with Gasteiger partial charge in [0.05, 0.1) is 13.2 Å². The number of hydrogen-bond donors (Lipinski definition) is 1. The SMILES string of the molecule is COc1ccc(C(N)c2cn(C)c3ccccc23)cc1. The van der Waals surface area contributed by atoms with Crippen LogP contribution in [0.5, 0.6) is 5.75 Å². The molecule has 3 rings (SSSR count). The van der Waals surface area contributed by atoms with Crippen LogP contribution in [0.2, 0.25) is 0 Å². The number of hydrogen-bond acceptors (Lipinski definition) is 2. The highest BCUT2D eigenvalue weighted by Crippen LogP contribution is 2.29. The monoisotopic (exact) mass is 266 g/mol. The van der Waals surface area contributed by atoms with E-state index in [0.29, 0.717) is 0 Å². The van der Waals surface area contributed by atoms with Crippen LogP contribution in [0.3, 0.4) is 0 Å². The number of fused-ring (bicyclic) bond motifs is 1. The molecule has 0 amide bonds. The van der Waals surface area contributed by atoms with Crippen molar-refractivity contribution in [3.05, 3.63) is 65.9 Å². The molecule has 3 nitrogen and oxygen atoms in total. The standard InChI is InChI=1S/C17H18N2O/c1-19-11-15(14-5-3-4-6-16(14)19)17(18)12-7-9-13(20-2)10-8-12/h3-11,17H,18H2,1-2H3. The maximum absolute atomic E-state index is 6.43. The van der Waals surface area contributed by atoms with Gasteiger partial charge in [0.25, 0.3) is 0 Å². The van der Waals surface area contributed by atoms with Crippen molar-refractivity contribution in [2.24, 2.45) is 12.8 Å². The number of aryl methyl sites for hydroxylation is 1. The van der Waals surface area contributed by atoms with Crippen molar-refractivity contribution in [1.29, 1.82) is 0 Å². The third-order valence-corrected chi connectivity index (χ3v) is 3.74. The van der Waals surface area contributed by atoms with E-state index in [1.807, 2.05) is 43.4 Å². The highest BCUT2D eigenvalue weighted by molar-refractivity contribution is 5.84. The number of para-hydroxylation sites is 1. The fraction of sp³-hybridized carbons (Fsp3) is 0.176. The second kappa shape index (κ2) is 5.02. The zero-order valence-corrected chi connectivity index (χ0v) is 11.7. The first-order valence-corrected chi connectivity index (χ1v) is 6.64. The smallest absolute Gasteiger partial charge is 0.118 e. The van der Waals surface area contributed by atoms with Crippen molar-refractivity contribution in [1.82, 2.24) is 4.57 Å². The van der Waals surface area contributed by atoms with Gasteiger partial charge in [0.1, 0.15) is 5.75 Å². The van der Waals surface area contributed by atoms with Crippen molar-refractivity contribution < 1.29 is 4.74 Å². The predicted octanol–water partition coefficient (Wildman–Crippen LogP) is 3.24. The highest BCUT2D eigenvalue weighted by Gasteiger charge is 2.14. The van der Waals surface area contributed by atoms with Crippen LogP contribution >= 0.6 is 0 Å². The van der Waals surface area contributed by atoms with Gasteiger partial charge in [-0.1, -0.05) is 30.3 Å². The molecule has 3 aromatic rings. The van der Waals surface area contributed by atoms with Gasteiger partial charge in [-0.15, -0.1) is 0 Å². The molecule has 1 aromatic heterocycles. The number of rotatable bonds is 3. The molecule has 2 aromatic carbocycles. The molecule has 0 saturated heterocycles. The van der Waals surface area contributed by atoms with Gasteiger partial charge in [0, 0.05) is 24.1 Å². The molecule has 0 saturated carbocycles. The van der Waals surface area contributed by atoms with Gasteiger partial charge in [0.15, 0.2) is 0 Å². The van der Waals surface area contributed by atoms with Crippen molar-refractivity contribution in [2.75, 3.05) is 7.11 Å². The van der Waals surface area contributed by atoms with E-state index < -0.39 is 0 Å². The van der Waals surface area contributed by atoms with Crippen LogP contribution in [-0.4, -0.2) is 11.7 Å². The number of ether oxygens (including phenoxy) is 1. The Hall–Kier alpha value is -2.26. The Balaban J connectivity index is 2.05.